The summed E-state index contributed by atoms with van der Waals surface area (Å²) in [4.78, 5) is 36.0. The summed E-state index contributed by atoms with van der Waals surface area (Å²) >= 11 is 5.98. The van der Waals surface area contributed by atoms with Crippen LogP contribution in [0.5, 0.6) is 0 Å². The Hall–Kier alpha value is -3.82. The highest BCUT2D eigenvalue weighted by atomic mass is 35.5. The second-order valence-corrected chi connectivity index (χ2v) is 7.27. The molecule has 2 aromatic carbocycles. The molecule has 1 aliphatic rings. The van der Waals surface area contributed by atoms with Crippen LogP contribution in [0.4, 0.5) is 0 Å². The molecule has 0 radical (unpaired) electrons. The number of hydrogen-bond acceptors (Lipinski definition) is 6. The summed E-state index contributed by atoms with van der Waals surface area (Å²) in [6.07, 6.45) is 6.19. The number of nitrogens with zero attached hydrogens (tertiary/aromatic N) is 3. The van der Waals surface area contributed by atoms with Crippen molar-refractivity contribution in [2.24, 2.45) is 4.99 Å². The van der Waals surface area contributed by atoms with Gasteiger partial charge in [-0.2, -0.15) is 5.10 Å². The van der Waals surface area contributed by atoms with Crippen LogP contribution in [-0.4, -0.2) is 39.7 Å². The van der Waals surface area contributed by atoms with E-state index in [2.05, 4.69) is 10.1 Å². The van der Waals surface area contributed by atoms with Crippen LogP contribution >= 0.6 is 11.6 Å². The molecule has 10 heteroatoms. The molecule has 0 bridgehead atoms. The molecule has 1 aliphatic heterocycles. The number of aliphatic carboxylic acids is 2. The Morgan fingerprint density at radius 3 is 2.34 bits per heavy atom. The van der Waals surface area contributed by atoms with Gasteiger partial charge in [-0.3, -0.25) is 9.69 Å². The number of benzene rings is 2. The highest BCUT2D eigenvalue weighted by molar-refractivity contribution is 6.30. The van der Waals surface area contributed by atoms with Gasteiger partial charge in [-0.25, -0.2) is 14.5 Å². The second kappa shape index (κ2) is 10.5. The fraction of sp³-hybridized carbons (Fsp3) is 0.136. The molecule has 0 aliphatic carbocycles. The number of carbonyl (C=O) groups excluding carboxylic acids is 1. The Morgan fingerprint density at radius 1 is 1.09 bits per heavy atom. The van der Waals surface area contributed by atoms with E-state index in [4.69, 9.17) is 31.4 Å². The number of aliphatic imine (C=N–C) groups is 1. The molecule has 1 unspecified atom stereocenters. The van der Waals surface area contributed by atoms with E-state index in [-0.39, 0.29) is 5.56 Å². The van der Waals surface area contributed by atoms with E-state index in [1.165, 1.54) is 0 Å². The molecule has 0 saturated carbocycles. The van der Waals surface area contributed by atoms with Gasteiger partial charge in [0.15, 0.2) is 12.3 Å². The lowest BCUT2D eigenvalue weighted by atomic mass is 10.0. The number of hydrogen-bond donors (Lipinski definition) is 2. The summed E-state index contributed by atoms with van der Waals surface area (Å²) < 4.78 is 1.57. The molecule has 4 rings (SSSR count). The number of quaternary nitrogens is 1. The summed E-state index contributed by atoms with van der Waals surface area (Å²) in [6, 6.07) is 15.4. The van der Waals surface area contributed by atoms with Crippen molar-refractivity contribution in [3.63, 3.8) is 0 Å². The van der Waals surface area contributed by atoms with Crippen LogP contribution in [0, 0.1) is 0 Å². The quantitative estimate of drug-likeness (QED) is 0.516. The topological polar surface area (TPSA) is 129 Å². The van der Waals surface area contributed by atoms with Crippen LogP contribution in [-0.2, 0) is 22.6 Å². The van der Waals surface area contributed by atoms with Crippen molar-refractivity contribution >= 4 is 40.7 Å². The zero-order valence-electron chi connectivity index (χ0n) is 16.8. The molecule has 2 heterocycles. The van der Waals surface area contributed by atoms with E-state index in [1.807, 2.05) is 61.1 Å². The van der Waals surface area contributed by atoms with Gasteiger partial charge in [-0.05, 0) is 23.8 Å². The standard InChI is InChI=1S/C20H17ClN4O.C2H2O4/c21-16-7-5-15(6-8-16)13-19-17-3-1-2-4-18(17)20(26)25(23-19)12-11-24-10-9-22-14-24;3-1(4)2(5)6/h1-10,14H,11-13H2;(H,3,4)(H,5,6). The molecular formula is C22H19ClN4O5. The number of carboxylic acids is 2. The van der Waals surface area contributed by atoms with Gasteiger partial charge in [0.05, 0.1) is 23.8 Å². The maximum absolute atomic E-state index is 12.8. The Balaban J connectivity index is 0.000000427. The van der Waals surface area contributed by atoms with Crippen LogP contribution in [0.1, 0.15) is 11.3 Å². The highest BCUT2D eigenvalue weighted by Crippen LogP contribution is 2.18. The number of aromatic nitrogens is 2. The minimum Gasteiger partial charge on any atom is -0.539 e. The normalized spacial score (nSPS) is 14.2. The zero-order chi connectivity index (χ0) is 23.1. The highest BCUT2D eigenvalue weighted by Gasteiger charge is 2.13. The Morgan fingerprint density at radius 2 is 1.75 bits per heavy atom. The third-order valence-corrected chi connectivity index (χ3v) is 4.88. The van der Waals surface area contributed by atoms with Gasteiger partial charge in [-0.15, -0.1) is 0 Å². The van der Waals surface area contributed by atoms with Crippen molar-refractivity contribution in [3.05, 3.63) is 87.6 Å². The summed E-state index contributed by atoms with van der Waals surface area (Å²) in [5.74, 6) is -4.01. The number of rotatable bonds is 5. The first-order valence-corrected chi connectivity index (χ1v) is 9.96. The van der Waals surface area contributed by atoms with Gasteiger partial charge in [0.2, 0.25) is 0 Å². The first-order chi connectivity index (χ1) is 15.3. The second-order valence-electron chi connectivity index (χ2n) is 6.84. The Labute approximate surface area is 187 Å². The van der Waals surface area contributed by atoms with E-state index in [0.29, 0.717) is 23.4 Å². The molecule has 3 aromatic rings. The zero-order valence-corrected chi connectivity index (χ0v) is 17.5. The summed E-state index contributed by atoms with van der Waals surface area (Å²) in [5.41, 5.74) is 1.95. The molecular weight excluding hydrogens is 436 g/mol. The molecule has 9 nitrogen and oxygen atoms in total. The Bertz CT molecular complexity index is 1230. The van der Waals surface area contributed by atoms with E-state index in [9.17, 15) is 4.79 Å². The summed E-state index contributed by atoms with van der Waals surface area (Å²) in [7, 11) is 0. The van der Waals surface area contributed by atoms with Crippen LogP contribution in [0.15, 0.2) is 70.7 Å². The molecule has 0 spiro atoms. The molecule has 0 saturated heterocycles. The van der Waals surface area contributed by atoms with E-state index in [1.54, 1.807) is 10.9 Å². The number of carbonyl (C=O) groups is 2. The number of nitrogens with one attached hydrogen (secondary N) is 1. The molecule has 32 heavy (non-hydrogen) atoms. The third kappa shape index (κ3) is 5.87. The molecule has 0 fully saturated rings. The van der Waals surface area contributed by atoms with Crippen LogP contribution in [0.25, 0.3) is 10.8 Å². The Kier molecular flexibility index (Phi) is 7.48. The van der Waals surface area contributed by atoms with Gasteiger partial charge in [0.25, 0.3) is 5.56 Å². The van der Waals surface area contributed by atoms with Gasteiger partial charge in [0, 0.05) is 16.8 Å². The van der Waals surface area contributed by atoms with Crippen LogP contribution in [0.3, 0.4) is 0 Å². The smallest absolute Gasteiger partial charge is 0.351 e. The van der Waals surface area contributed by atoms with E-state index >= 15 is 0 Å². The van der Waals surface area contributed by atoms with Crippen molar-refractivity contribution in [1.82, 2.24) is 9.78 Å². The van der Waals surface area contributed by atoms with E-state index in [0.717, 1.165) is 28.1 Å². The van der Waals surface area contributed by atoms with Gasteiger partial charge in [-0.1, -0.05) is 41.9 Å². The number of halogens is 1. The maximum atomic E-state index is 12.8. The van der Waals surface area contributed by atoms with Crippen molar-refractivity contribution in [3.8, 4) is 0 Å². The molecule has 1 aromatic heterocycles. The maximum Gasteiger partial charge on any atom is 0.351 e. The fourth-order valence-corrected chi connectivity index (χ4v) is 3.21. The number of fused-ring (bicyclic) bond motifs is 1. The van der Waals surface area contributed by atoms with Crippen molar-refractivity contribution in [2.45, 2.75) is 13.0 Å². The first-order valence-electron chi connectivity index (χ1n) is 9.58. The third-order valence-electron chi connectivity index (χ3n) is 4.63. The summed E-state index contributed by atoms with van der Waals surface area (Å²) in [5, 5.41) is 23.3. The largest absolute Gasteiger partial charge is 0.539 e. The minimum atomic E-state index is -2.07. The van der Waals surface area contributed by atoms with Gasteiger partial charge >= 0.3 is 5.97 Å². The molecule has 2 N–H and O–H groups in total. The van der Waals surface area contributed by atoms with Crippen LogP contribution in [0.2, 0.25) is 5.02 Å². The number of carboxylic acid groups (broad SMARTS) is 2. The minimum absolute atomic E-state index is 0.0556. The van der Waals surface area contributed by atoms with Crippen molar-refractivity contribution in [1.29, 1.82) is 0 Å². The lowest BCUT2D eigenvalue weighted by Gasteiger charge is -2.12. The summed E-state index contributed by atoms with van der Waals surface area (Å²) in [6.45, 7) is 1.26. The monoisotopic (exact) mass is 454 g/mol. The van der Waals surface area contributed by atoms with Gasteiger partial charge in [0.1, 0.15) is 12.7 Å². The SMILES string of the molecule is O=C([O-])C(=O)O.O=c1c2ccccc2c(Cc2ccc(Cl)cc2)nn1CC[NH+]1C=CN=C1. The molecule has 164 valence electrons. The predicted molar refractivity (Wildman–Crippen MR) is 116 cm³/mol. The molecule has 1 atom stereocenters. The predicted octanol–water partition coefficient (Wildman–Crippen LogP) is -0.140. The van der Waals surface area contributed by atoms with Crippen molar-refractivity contribution < 1.29 is 24.7 Å². The van der Waals surface area contributed by atoms with Crippen LogP contribution < -0.4 is 15.6 Å². The average molecular weight is 455 g/mol. The fourth-order valence-electron chi connectivity index (χ4n) is 3.09. The molecule has 0 amide bonds. The van der Waals surface area contributed by atoms with E-state index < -0.39 is 11.9 Å². The van der Waals surface area contributed by atoms with Crippen molar-refractivity contribution in [2.75, 3.05) is 6.54 Å². The first kappa shape index (κ1) is 22.9. The average Bonchev–Trinajstić information content (AvgIpc) is 3.30. The lowest BCUT2D eigenvalue weighted by Crippen LogP contribution is -3.06. The lowest BCUT2D eigenvalue weighted by molar-refractivity contribution is -0.737. The van der Waals surface area contributed by atoms with Gasteiger partial charge < -0.3 is 15.0 Å².